The molecule has 0 heterocycles. The van der Waals surface area contributed by atoms with Gasteiger partial charge in [0.1, 0.15) is 0 Å². The second kappa shape index (κ2) is 4.89. The maximum Gasteiger partial charge on any atom is 0.0419 e. The van der Waals surface area contributed by atoms with Crippen LogP contribution in [0.25, 0.3) is 0 Å². The molecule has 0 N–H and O–H groups in total. The number of hydrogen-bond acceptors (Lipinski definition) is 0. The summed E-state index contributed by atoms with van der Waals surface area (Å²) in [6, 6.07) is 21.6. The lowest BCUT2D eigenvalue weighted by atomic mass is 9.70. The summed E-state index contributed by atoms with van der Waals surface area (Å²) in [6.07, 6.45) is 7.96. The molecule has 94 valence electrons. The van der Waals surface area contributed by atoms with Crippen molar-refractivity contribution >= 4 is 0 Å². The number of benzene rings is 2. The molecule has 1 aliphatic rings. The first kappa shape index (κ1) is 12.0. The summed E-state index contributed by atoms with van der Waals surface area (Å²) in [5.41, 5.74) is 4.06. The van der Waals surface area contributed by atoms with Gasteiger partial charge in [0, 0.05) is 5.41 Å². The number of hydrogen-bond donors (Lipinski definition) is 0. The smallest absolute Gasteiger partial charge is 0.0419 e. The highest BCUT2D eigenvalue weighted by molar-refractivity contribution is 5.48. The lowest BCUT2D eigenvalue weighted by Crippen LogP contribution is -2.26. The molecule has 0 aliphatic heterocycles. The van der Waals surface area contributed by atoms with Crippen molar-refractivity contribution in [1.82, 2.24) is 0 Å². The Morgan fingerprint density at radius 3 is 1.74 bits per heavy atom. The molecule has 0 heteroatoms. The molecular weight excluding hydrogens is 228 g/mol. The van der Waals surface area contributed by atoms with E-state index in [-0.39, 0.29) is 5.41 Å². The van der Waals surface area contributed by atoms with Gasteiger partial charge in [0.05, 0.1) is 0 Å². The maximum absolute atomic E-state index is 2.35. The summed E-state index contributed by atoms with van der Waals surface area (Å²) in [4.78, 5) is 0. The van der Waals surface area contributed by atoms with Crippen molar-refractivity contribution in [3.8, 4) is 0 Å². The van der Waals surface area contributed by atoms with E-state index in [4.69, 9.17) is 0 Å². The van der Waals surface area contributed by atoms with E-state index < -0.39 is 0 Å². The van der Waals surface area contributed by atoms with Crippen LogP contribution in [-0.2, 0) is 5.41 Å². The van der Waals surface area contributed by atoms with Crippen molar-refractivity contribution in [1.29, 1.82) is 0 Å². The highest BCUT2D eigenvalue weighted by Gasteiger charge is 2.31. The van der Waals surface area contributed by atoms with Crippen LogP contribution in [0.2, 0.25) is 0 Å². The van der Waals surface area contributed by atoms with Gasteiger partial charge in [-0.25, -0.2) is 0 Å². The third-order valence-electron chi connectivity index (χ3n) is 3.95. The molecule has 0 unspecified atom stereocenters. The van der Waals surface area contributed by atoms with Crippen molar-refractivity contribution in [3.05, 3.63) is 95.6 Å². The largest absolute Gasteiger partial charge is 0.0801 e. The zero-order valence-electron chi connectivity index (χ0n) is 11.2. The van der Waals surface area contributed by atoms with Crippen LogP contribution in [0, 0.1) is 0 Å². The fraction of sp³-hybridized carbons (Fsp3) is 0.158. The molecule has 0 atom stereocenters. The standard InChI is InChI=1S/C19H18/c1-16-12-14-19(15-13-16,17-8-4-2-5-9-17)18-10-6-3-7-11-18/h2-14H,15H2,1H3. The van der Waals surface area contributed by atoms with Gasteiger partial charge in [-0.3, -0.25) is 0 Å². The Hall–Kier alpha value is -2.08. The molecule has 1 aliphatic carbocycles. The first-order valence-electron chi connectivity index (χ1n) is 6.78. The SMILES string of the molecule is CC1=CCC(c2ccccc2)(c2ccccc2)C=C1. The van der Waals surface area contributed by atoms with Gasteiger partial charge in [-0.2, -0.15) is 0 Å². The van der Waals surface area contributed by atoms with Gasteiger partial charge in [-0.15, -0.1) is 0 Å². The van der Waals surface area contributed by atoms with Gasteiger partial charge in [-0.05, 0) is 24.5 Å². The van der Waals surface area contributed by atoms with E-state index in [9.17, 15) is 0 Å². The Labute approximate surface area is 115 Å². The average Bonchev–Trinajstić information content (AvgIpc) is 2.50. The summed E-state index contributed by atoms with van der Waals surface area (Å²) in [5, 5.41) is 0. The van der Waals surface area contributed by atoms with Crippen LogP contribution in [0.5, 0.6) is 0 Å². The van der Waals surface area contributed by atoms with Gasteiger partial charge >= 0.3 is 0 Å². The van der Waals surface area contributed by atoms with E-state index in [0.29, 0.717) is 0 Å². The van der Waals surface area contributed by atoms with Crippen LogP contribution in [0.15, 0.2) is 84.5 Å². The number of allylic oxidation sites excluding steroid dienone is 4. The van der Waals surface area contributed by atoms with E-state index in [0.717, 1.165) is 6.42 Å². The van der Waals surface area contributed by atoms with Crippen molar-refractivity contribution < 1.29 is 0 Å². The third kappa shape index (κ3) is 2.15. The molecule has 3 rings (SSSR count). The minimum atomic E-state index is -0.0119. The van der Waals surface area contributed by atoms with Gasteiger partial charge in [-0.1, -0.05) is 84.5 Å². The van der Waals surface area contributed by atoms with E-state index in [1.54, 1.807) is 0 Å². The molecule has 0 saturated carbocycles. The highest BCUT2D eigenvalue weighted by Crippen LogP contribution is 2.40. The third-order valence-corrected chi connectivity index (χ3v) is 3.95. The van der Waals surface area contributed by atoms with E-state index in [1.807, 2.05) is 0 Å². The molecule has 0 aromatic heterocycles. The summed E-state index contributed by atoms with van der Waals surface area (Å²) in [5.74, 6) is 0. The summed E-state index contributed by atoms with van der Waals surface area (Å²) in [6.45, 7) is 2.16. The van der Waals surface area contributed by atoms with Crippen molar-refractivity contribution in [3.63, 3.8) is 0 Å². The van der Waals surface area contributed by atoms with Crippen molar-refractivity contribution in [2.75, 3.05) is 0 Å². The summed E-state index contributed by atoms with van der Waals surface area (Å²) in [7, 11) is 0. The van der Waals surface area contributed by atoms with Crippen molar-refractivity contribution in [2.24, 2.45) is 0 Å². The topological polar surface area (TPSA) is 0 Å². The maximum atomic E-state index is 2.35. The van der Waals surface area contributed by atoms with Crippen LogP contribution in [0.3, 0.4) is 0 Å². The van der Waals surface area contributed by atoms with Crippen LogP contribution < -0.4 is 0 Å². The number of rotatable bonds is 2. The minimum Gasteiger partial charge on any atom is -0.0801 e. The monoisotopic (exact) mass is 246 g/mol. The highest BCUT2D eigenvalue weighted by atomic mass is 14.3. The first-order valence-corrected chi connectivity index (χ1v) is 6.78. The Morgan fingerprint density at radius 2 is 1.32 bits per heavy atom. The molecule has 0 spiro atoms. The fourth-order valence-electron chi connectivity index (χ4n) is 2.80. The average molecular weight is 246 g/mol. The predicted molar refractivity (Wildman–Crippen MR) is 81.2 cm³/mol. The minimum absolute atomic E-state index is 0.0119. The fourth-order valence-corrected chi connectivity index (χ4v) is 2.80. The van der Waals surface area contributed by atoms with Crippen molar-refractivity contribution in [2.45, 2.75) is 18.8 Å². The summed E-state index contributed by atoms with van der Waals surface area (Å²) < 4.78 is 0. The molecule has 19 heavy (non-hydrogen) atoms. The molecule has 0 amide bonds. The van der Waals surface area contributed by atoms with Gasteiger partial charge < -0.3 is 0 Å². The predicted octanol–water partition coefficient (Wildman–Crippen LogP) is 4.88. The van der Waals surface area contributed by atoms with E-state index in [2.05, 4.69) is 85.8 Å². The second-order valence-corrected chi connectivity index (χ2v) is 5.19. The van der Waals surface area contributed by atoms with Gasteiger partial charge in [0.25, 0.3) is 0 Å². The lowest BCUT2D eigenvalue weighted by Gasteiger charge is -2.33. The Bertz CT molecular complexity index is 564. The molecule has 2 aromatic rings. The second-order valence-electron chi connectivity index (χ2n) is 5.19. The molecule has 0 radical (unpaired) electrons. The summed E-state index contributed by atoms with van der Waals surface area (Å²) >= 11 is 0. The lowest BCUT2D eigenvalue weighted by molar-refractivity contribution is 0.644. The quantitative estimate of drug-likeness (QED) is 0.708. The van der Waals surface area contributed by atoms with E-state index >= 15 is 0 Å². The normalized spacial score (nSPS) is 17.0. The molecular formula is C19H18. The molecule has 2 aromatic carbocycles. The van der Waals surface area contributed by atoms with Crippen LogP contribution >= 0.6 is 0 Å². The van der Waals surface area contributed by atoms with Gasteiger partial charge in [0.15, 0.2) is 0 Å². The first-order chi connectivity index (χ1) is 9.31. The molecule has 0 saturated heterocycles. The van der Waals surface area contributed by atoms with Gasteiger partial charge in [0.2, 0.25) is 0 Å². The van der Waals surface area contributed by atoms with Crippen LogP contribution in [-0.4, -0.2) is 0 Å². The Kier molecular flexibility index (Phi) is 3.08. The Balaban J connectivity index is 2.16. The molecule has 0 bridgehead atoms. The molecule has 0 nitrogen and oxygen atoms in total. The van der Waals surface area contributed by atoms with Crippen LogP contribution in [0.1, 0.15) is 24.5 Å². The molecule has 0 fully saturated rings. The van der Waals surface area contributed by atoms with Crippen LogP contribution in [0.4, 0.5) is 0 Å². The zero-order valence-corrected chi connectivity index (χ0v) is 11.2. The van der Waals surface area contributed by atoms with E-state index in [1.165, 1.54) is 16.7 Å². The Morgan fingerprint density at radius 1 is 0.789 bits per heavy atom. The zero-order chi connectivity index (χ0) is 13.1.